The molecule has 0 saturated heterocycles. The van der Waals surface area contributed by atoms with Crippen LogP contribution in [0, 0.1) is 0 Å². The molecule has 0 aliphatic carbocycles. The van der Waals surface area contributed by atoms with Crippen LogP contribution in [0.3, 0.4) is 0 Å². The summed E-state index contributed by atoms with van der Waals surface area (Å²) < 4.78 is 11.4. The van der Waals surface area contributed by atoms with Gasteiger partial charge in [-0.15, -0.1) is 11.8 Å². The zero-order chi connectivity index (χ0) is 17.8. The lowest BCUT2D eigenvalue weighted by Crippen LogP contribution is -2.31. The summed E-state index contributed by atoms with van der Waals surface area (Å²) in [6.45, 7) is 0. The molecule has 6 heteroatoms. The molecule has 0 fully saturated rings. The Balaban J connectivity index is 1.74. The first-order chi connectivity index (χ1) is 12.1. The van der Waals surface area contributed by atoms with Crippen LogP contribution in [0.4, 0.5) is 0 Å². The Labute approximate surface area is 160 Å². The van der Waals surface area contributed by atoms with Crippen LogP contribution in [0.5, 0.6) is 11.5 Å². The molecule has 4 nitrogen and oxygen atoms in total. The number of methoxy groups -OCH3 is 2. The Bertz CT molecular complexity index is 781. The molecule has 2 aromatic rings. The zero-order valence-electron chi connectivity index (χ0n) is 14.2. The van der Waals surface area contributed by atoms with E-state index in [1.54, 1.807) is 14.2 Å². The fourth-order valence-corrected chi connectivity index (χ4v) is 4.53. The molecule has 0 saturated carbocycles. The molecule has 132 valence electrons. The van der Waals surface area contributed by atoms with Gasteiger partial charge >= 0.3 is 0 Å². The van der Waals surface area contributed by atoms with Crippen molar-refractivity contribution in [1.29, 1.82) is 0 Å². The molecule has 1 aliphatic rings. The molecule has 0 spiro atoms. The Morgan fingerprint density at radius 1 is 1.24 bits per heavy atom. The van der Waals surface area contributed by atoms with E-state index < -0.39 is 0 Å². The third-order valence-corrected chi connectivity index (χ3v) is 6.06. The van der Waals surface area contributed by atoms with Crippen molar-refractivity contribution in [2.45, 2.75) is 23.8 Å². The van der Waals surface area contributed by atoms with Gasteiger partial charge < -0.3 is 14.8 Å². The van der Waals surface area contributed by atoms with Gasteiger partial charge in [-0.05, 0) is 35.7 Å². The molecule has 25 heavy (non-hydrogen) atoms. The fourth-order valence-electron chi connectivity index (χ4n) is 2.94. The van der Waals surface area contributed by atoms with Crippen molar-refractivity contribution in [2.24, 2.45) is 0 Å². The summed E-state index contributed by atoms with van der Waals surface area (Å²) in [4.78, 5) is 13.8. The van der Waals surface area contributed by atoms with Gasteiger partial charge in [-0.3, -0.25) is 4.79 Å². The first-order valence-electron chi connectivity index (χ1n) is 8.04. The highest BCUT2D eigenvalue weighted by atomic mass is 79.9. The van der Waals surface area contributed by atoms with Crippen molar-refractivity contribution in [3.8, 4) is 11.5 Å². The van der Waals surface area contributed by atoms with Crippen LogP contribution in [0.15, 0.2) is 45.8 Å². The number of benzene rings is 2. The largest absolute Gasteiger partial charge is 0.493 e. The third-order valence-electron chi connectivity index (χ3n) is 4.20. The second kappa shape index (κ2) is 8.15. The van der Waals surface area contributed by atoms with Crippen LogP contribution in [-0.2, 0) is 11.2 Å². The molecule has 0 aromatic heterocycles. The summed E-state index contributed by atoms with van der Waals surface area (Å²) in [5, 5.41) is 3.17. The van der Waals surface area contributed by atoms with Crippen LogP contribution < -0.4 is 14.8 Å². The molecule has 1 amide bonds. The predicted molar refractivity (Wildman–Crippen MR) is 104 cm³/mol. The van der Waals surface area contributed by atoms with Crippen molar-refractivity contribution >= 4 is 33.6 Å². The zero-order valence-corrected chi connectivity index (χ0v) is 16.6. The minimum Gasteiger partial charge on any atom is -0.493 e. The highest BCUT2D eigenvalue weighted by molar-refractivity contribution is 9.10. The Kier molecular flexibility index (Phi) is 5.91. The number of carbonyl (C=O) groups excluding carboxylic acids is 1. The van der Waals surface area contributed by atoms with E-state index in [1.165, 1.54) is 10.5 Å². The number of rotatable bonds is 5. The second-order valence-corrected chi connectivity index (χ2v) is 7.76. The molecule has 2 aromatic carbocycles. The lowest BCUT2D eigenvalue weighted by Gasteiger charge is -2.26. The smallest absolute Gasteiger partial charge is 0.224 e. The van der Waals surface area contributed by atoms with E-state index in [0.29, 0.717) is 11.5 Å². The molecule has 3 rings (SSSR count). The molecular weight excluding hydrogens is 402 g/mol. The molecule has 1 aliphatic heterocycles. The maximum absolute atomic E-state index is 12.6. The average Bonchev–Trinajstić information content (AvgIpc) is 2.63. The maximum atomic E-state index is 12.6. The van der Waals surface area contributed by atoms with Crippen molar-refractivity contribution < 1.29 is 14.3 Å². The lowest BCUT2D eigenvalue weighted by molar-refractivity contribution is -0.121. The van der Waals surface area contributed by atoms with Crippen molar-refractivity contribution in [1.82, 2.24) is 5.32 Å². The number of hydrogen-bond acceptors (Lipinski definition) is 4. The SMILES string of the molecule is COc1cc(Br)c(CC(=O)N[C@H]2CCSc3ccccc32)cc1OC. The number of thioether (sulfide) groups is 1. The molecule has 1 heterocycles. The van der Waals surface area contributed by atoms with Crippen LogP contribution in [-0.4, -0.2) is 25.9 Å². The molecule has 0 unspecified atom stereocenters. The van der Waals surface area contributed by atoms with Crippen molar-refractivity contribution in [2.75, 3.05) is 20.0 Å². The van der Waals surface area contributed by atoms with E-state index >= 15 is 0 Å². The number of nitrogens with one attached hydrogen (secondary N) is 1. The van der Waals surface area contributed by atoms with Gasteiger partial charge in [0.15, 0.2) is 11.5 Å². The Morgan fingerprint density at radius 2 is 1.96 bits per heavy atom. The first-order valence-corrected chi connectivity index (χ1v) is 9.81. The summed E-state index contributed by atoms with van der Waals surface area (Å²) in [5.74, 6) is 2.27. The van der Waals surface area contributed by atoms with Crippen LogP contribution >= 0.6 is 27.7 Å². The van der Waals surface area contributed by atoms with Gasteiger partial charge in [0.1, 0.15) is 0 Å². The summed E-state index contributed by atoms with van der Waals surface area (Å²) in [5.41, 5.74) is 2.08. The van der Waals surface area contributed by atoms with Crippen molar-refractivity contribution in [3.63, 3.8) is 0 Å². The van der Waals surface area contributed by atoms with Crippen LogP contribution in [0.1, 0.15) is 23.6 Å². The van der Waals surface area contributed by atoms with Gasteiger partial charge in [0, 0.05) is 15.1 Å². The van der Waals surface area contributed by atoms with Crippen molar-refractivity contribution in [3.05, 3.63) is 52.0 Å². The Morgan fingerprint density at radius 3 is 2.72 bits per heavy atom. The molecule has 1 atom stereocenters. The monoisotopic (exact) mass is 421 g/mol. The molecule has 1 N–H and O–H groups in total. The van der Waals surface area contributed by atoms with E-state index in [4.69, 9.17) is 9.47 Å². The van der Waals surface area contributed by atoms with Gasteiger partial charge in [-0.2, -0.15) is 0 Å². The quantitative estimate of drug-likeness (QED) is 0.778. The second-order valence-electron chi connectivity index (χ2n) is 5.77. The molecule has 0 bridgehead atoms. The number of halogens is 1. The standard InChI is InChI=1S/C19H20BrNO3S/c1-23-16-9-12(14(20)11-17(16)24-2)10-19(22)21-15-7-8-25-18-6-4-3-5-13(15)18/h3-6,9,11,15H,7-8,10H2,1-2H3,(H,21,22)/t15-/m0/s1. The predicted octanol–water partition coefficient (Wildman–Crippen LogP) is 4.36. The average molecular weight is 422 g/mol. The number of carbonyl (C=O) groups is 1. The third kappa shape index (κ3) is 4.12. The summed E-state index contributed by atoms with van der Waals surface area (Å²) >= 11 is 5.36. The highest BCUT2D eigenvalue weighted by Gasteiger charge is 2.22. The summed E-state index contributed by atoms with van der Waals surface area (Å²) in [6, 6.07) is 12.0. The lowest BCUT2D eigenvalue weighted by atomic mass is 10.0. The minimum absolute atomic E-state index is 0.000349. The van der Waals surface area contributed by atoms with E-state index in [-0.39, 0.29) is 18.4 Å². The van der Waals surface area contributed by atoms with Gasteiger partial charge in [0.25, 0.3) is 0 Å². The van der Waals surface area contributed by atoms with E-state index in [0.717, 1.165) is 22.2 Å². The van der Waals surface area contributed by atoms with Crippen LogP contribution in [0.2, 0.25) is 0 Å². The highest BCUT2D eigenvalue weighted by Crippen LogP contribution is 2.36. The number of amides is 1. The van der Waals surface area contributed by atoms with E-state index in [1.807, 2.05) is 36.0 Å². The van der Waals surface area contributed by atoms with Gasteiger partial charge in [0.2, 0.25) is 5.91 Å². The molecule has 0 radical (unpaired) electrons. The normalized spacial score (nSPS) is 16.0. The van der Waals surface area contributed by atoms with Gasteiger partial charge in [-0.25, -0.2) is 0 Å². The molecular formula is C19H20BrNO3S. The topological polar surface area (TPSA) is 47.6 Å². The van der Waals surface area contributed by atoms with E-state index in [2.05, 4.69) is 33.4 Å². The number of hydrogen-bond donors (Lipinski definition) is 1. The number of ether oxygens (including phenoxy) is 2. The Hall–Kier alpha value is -1.66. The summed E-state index contributed by atoms with van der Waals surface area (Å²) in [7, 11) is 3.18. The fraction of sp³-hybridized carbons (Fsp3) is 0.316. The van der Waals surface area contributed by atoms with Crippen LogP contribution in [0.25, 0.3) is 0 Å². The summed E-state index contributed by atoms with van der Waals surface area (Å²) in [6.07, 6.45) is 1.23. The first kappa shape index (κ1) is 18.1. The number of fused-ring (bicyclic) bond motifs is 1. The minimum atomic E-state index is -0.000349. The van der Waals surface area contributed by atoms with E-state index in [9.17, 15) is 4.79 Å². The maximum Gasteiger partial charge on any atom is 0.224 e. The van der Waals surface area contributed by atoms with Gasteiger partial charge in [-0.1, -0.05) is 34.1 Å². The van der Waals surface area contributed by atoms with Gasteiger partial charge in [0.05, 0.1) is 26.7 Å².